The summed E-state index contributed by atoms with van der Waals surface area (Å²) in [5.74, 6) is -1.56. The van der Waals surface area contributed by atoms with Gasteiger partial charge >= 0.3 is 5.97 Å². The van der Waals surface area contributed by atoms with E-state index < -0.39 is 21.6 Å². The van der Waals surface area contributed by atoms with Crippen molar-refractivity contribution in [2.75, 3.05) is 25.6 Å². The third-order valence-corrected chi connectivity index (χ3v) is 4.16. The first-order chi connectivity index (χ1) is 9.49. The maximum atomic E-state index is 11.9. The Morgan fingerprint density at radius 3 is 2.30 bits per heavy atom. The highest BCUT2D eigenvalue weighted by atomic mass is 32.2. The number of sulfone groups is 1. The number of carbonyl (C=O) groups is 1. The van der Waals surface area contributed by atoms with Gasteiger partial charge in [0.05, 0.1) is 11.5 Å². The normalized spacial score (nSPS) is 11.3. The van der Waals surface area contributed by atoms with Crippen LogP contribution in [0.15, 0.2) is 29.2 Å². The smallest absolute Gasteiger partial charge is 0.321 e. The average molecular weight is 302 g/mol. The fourth-order valence-electron chi connectivity index (χ4n) is 1.52. The highest BCUT2D eigenvalue weighted by molar-refractivity contribution is 7.92. The number of benzene rings is 1. The SMILES string of the molecule is O=C(CS(=O)(=O)c1ccc(CCO)cc1)OCCCO. The van der Waals surface area contributed by atoms with Crippen molar-refractivity contribution >= 4 is 15.8 Å². The Kier molecular flexibility index (Phi) is 6.63. The zero-order valence-electron chi connectivity index (χ0n) is 11.0. The van der Waals surface area contributed by atoms with Gasteiger partial charge in [-0.25, -0.2) is 8.42 Å². The lowest BCUT2D eigenvalue weighted by Crippen LogP contribution is -2.19. The van der Waals surface area contributed by atoms with Crippen LogP contribution in [-0.2, 0) is 25.8 Å². The molecule has 0 heterocycles. The molecule has 7 heteroatoms. The summed E-state index contributed by atoms with van der Waals surface area (Å²) >= 11 is 0. The van der Waals surface area contributed by atoms with E-state index in [1.165, 1.54) is 12.1 Å². The molecule has 2 N–H and O–H groups in total. The van der Waals surface area contributed by atoms with E-state index in [-0.39, 0.29) is 31.1 Å². The largest absolute Gasteiger partial charge is 0.465 e. The summed E-state index contributed by atoms with van der Waals surface area (Å²) < 4.78 is 28.6. The fourth-order valence-corrected chi connectivity index (χ4v) is 2.63. The molecule has 0 aromatic heterocycles. The Morgan fingerprint density at radius 2 is 1.75 bits per heavy atom. The monoisotopic (exact) mass is 302 g/mol. The van der Waals surface area contributed by atoms with Gasteiger partial charge in [0.25, 0.3) is 0 Å². The van der Waals surface area contributed by atoms with Crippen molar-refractivity contribution in [2.24, 2.45) is 0 Å². The molecule has 20 heavy (non-hydrogen) atoms. The van der Waals surface area contributed by atoms with Gasteiger partial charge in [-0.2, -0.15) is 0 Å². The maximum absolute atomic E-state index is 11.9. The Labute approximate surface area is 117 Å². The van der Waals surface area contributed by atoms with E-state index in [9.17, 15) is 13.2 Å². The summed E-state index contributed by atoms with van der Waals surface area (Å²) in [5, 5.41) is 17.3. The molecule has 1 rings (SSSR count). The molecule has 0 aliphatic rings. The van der Waals surface area contributed by atoms with E-state index in [4.69, 9.17) is 14.9 Å². The van der Waals surface area contributed by atoms with E-state index in [1.807, 2.05) is 0 Å². The lowest BCUT2D eigenvalue weighted by molar-refractivity contribution is -0.140. The summed E-state index contributed by atoms with van der Waals surface area (Å²) in [5.41, 5.74) is 0.817. The van der Waals surface area contributed by atoms with Gasteiger partial charge < -0.3 is 14.9 Å². The van der Waals surface area contributed by atoms with Crippen LogP contribution in [0.1, 0.15) is 12.0 Å². The van der Waals surface area contributed by atoms with Gasteiger partial charge in [-0.05, 0) is 24.1 Å². The quantitative estimate of drug-likeness (QED) is 0.514. The molecule has 1 aromatic rings. The highest BCUT2D eigenvalue weighted by Crippen LogP contribution is 2.13. The first-order valence-corrected chi connectivity index (χ1v) is 7.84. The summed E-state index contributed by atoms with van der Waals surface area (Å²) in [4.78, 5) is 11.4. The van der Waals surface area contributed by atoms with Crippen LogP contribution in [0.25, 0.3) is 0 Å². The van der Waals surface area contributed by atoms with Crippen molar-refractivity contribution in [1.29, 1.82) is 0 Å². The maximum Gasteiger partial charge on any atom is 0.321 e. The van der Waals surface area contributed by atoms with Gasteiger partial charge in [0.1, 0.15) is 0 Å². The van der Waals surface area contributed by atoms with Gasteiger partial charge in [-0.15, -0.1) is 0 Å². The first kappa shape index (κ1) is 16.6. The van der Waals surface area contributed by atoms with Gasteiger partial charge in [0, 0.05) is 19.6 Å². The number of aliphatic hydroxyl groups is 2. The standard InChI is InChI=1S/C13H18O6S/c14-7-1-9-19-13(16)10-20(17,18)12-4-2-11(3-5-12)6-8-15/h2-5,14-15H,1,6-10H2. The summed E-state index contributed by atoms with van der Waals surface area (Å²) in [6.45, 7) is -0.129. The molecule has 0 atom stereocenters. The van der Waals surface area contributed by atoms with Gasteiger partial charge in [0.2, 0.25) is 0 Å². The molecule has 0 amide bonds. The molecule has 112 valence electrons. The lowest BCUT2D eigenvalue weighted by Gasteiger charge is -2.06. The Hall–Kier alpha value is -1.44. The molecular weight excluding hydrogens is 284 g/mol. The summed E-state index contributed by atoms with van der Waals surface area (Å²) in [6, 6.07) is 6.00. The molecule has 0 spiro atoms. The van der Waals surface area contributed by atoms with Crippen molar-refractivity contribution in [2.45, 2.75) is 17.7 Å². The first-order valence-electron chi connectivity index (χ1n) is 6.18. The molecule has 0 bridgehead atoms. The molecule has 0 saturated carbocycles. The summed E-state index contributed by atoms with van der Waals surface area (Å²) in [7, 11) is -3.73. The number of ether oxygens (including phenoxy) is 1. The van der Waals surface area contributed by atoms with Crippen LogP contribution in [0.4, 0.5) is 0 Å². The van der Waals surface area contributed by atoms with Crippen LogP contribution in [0, 0.1) is 0 Å². The van der Waals surface area contributed by atoms with Gasteiger partial charge in [0.15, 0.2) is 15.6 Å². The molecule has 0 fully saturated rings. The van der Waals surface area contributed by atoms with E-state index in [0.29, 0.717) is 6.42 Å². The number of aliphatic hydroxyl groups excluding tert-OH is 2. The number of rotatable bonds is 8. The number of hydrogen-bond donors (Lipinski definition) is 2. The van der Waals surface area contributed by atoms with E-state index in [2.05, 4.69) is 0 Å². The third kappa shape index (κ3) is 5.28. The predicted octanol–water partition coefficient (Wildman–Crippen LogP) is -0.0793. The van der Waals surface area contributed by atoms with Crippen LogP contribution in [-0.4, -0.2) is 50.2 Å². The second-order valence-electron chi connectivity index (χ2n) is 4.17. The minimum absolute atomic E-state index is 0.000289. The van der Waals surface area contributed by atoms with Crippen LogP contribution in [0.2, 0.25) is 0 Å². The molecule has 1 aromatic carbocycles. The van der Waals surface area contributed by atoms with E-state index in [1.54, 1.807) is 12.1 Å². The second-order valence-corrected chi connectivity index (χ2v) is 6.16. The molecule has 0 radical (unpaired) electrons. The van der Waals surface area contributed by atoms with E-state index in [0.717, 1.165) is 5.56 Å². The molecular formula is C13H18O6S. The average Bonchev–Trinajstić information content (AvgIpc) is 2.39. The zero-order valence-corrected chi connectivity index (χ0v) is 11.8. The lowest BCUT2D eigenvalue weighted by atomic mass is 10.2. The fraction of sp³-hybridized carbons (Fsp3) is 0.462. The molecule has 6 nitrogen and oxygen atoms in total. The molecule has 0 unspecified atom stereocenters. The molecule has 0 saturated heterocycles. The molecule has 0 aliphatic carbocycles. The van der Waals surface area contributed by atoms with Crippen LogP contribution >= 0.6 is 0 Å². The Balaban J connectivity index is 2.66. The number of hydrogen-bond acceptors (Lipinski definition) is 6. The van der Waals surface area contributed by atoms with Crippen molar-refractivity contribution in [3.63, 3.8) is 0 Å². The van der Waals surface area contributed by atoms with Crippen molar-refractivity contribution in [1.82, 2.24) is 0 Å². The van der Waals surface area contributed by atoms with Crippen molar-refractivity contribution in [3.8, 4) is 0 Å². The Morgan fingerprint density at radius 1 is 1.10 bits per heavy atom. The van der Waals surface area contributed by atoms with Crippen LogP contribution in [0.5, 0.6) is 0 Å². The second kappa shape index (κ2) is 7.98. The van der Waals surface area contributed by atoms with Gasteiger partial charge in [-0.1, -0.05) is 12.1 Å². The molecule has 0 aliphatic heterocycles. The third-order valence-electron chi connectivity index (χ3n) is 2.56. The van der Waals surface area contributed by atoms with Crippen LogP contribution < -0.4 is 0 Å². The van der Waals surface area contributed by atoms with Gasteiger partial charge in [-0.3, -0.25) is 4.79 Å². The predicted molar refractivity (Wildman–Crippen MR) is 71.9 cm³/mol. The minimum Gasteiger partial charge on any atom is -0.465 e. The number of esters is 1. The minimum atomic E-state index is -3.73. The van der Waals surface area contributed by atoms with Crippen molar-refractivity contribution < 1.29 is 28.2 Å². The zero-order chi connectivity index (χ0) is 15.0. The van der Waals surface area contributed by atoms with Crippen LogP contribution in [0.3, 0.4) is 0 Å². The Bertz CT molecular complexity index is 520. The topological polar surface area (TPSA) is 101 Å². The summed E-state index contributed by atoms with van der Waals surface area (Å²) in [6.07, 6.45) is 0.727. The highest BCUT2D eigenvalue weighted by Gasteiger charge is 2.20. The van der Waals surface area contributed by atoms with E-state index >= 15 is 0 Å². The number of carbonyl (C=O) groups excluding carboxylic acids is 1. The van der Waals surface area contributed by atoms with Crippen molar-refractivity contribution in [3.05, 3.63) is 29.8 Å².